The summed E-state index contributed by atoms with van der Waals surface area (Å²) in [6.45, 7) is 6.54. The Balaban J connectivity index is 2.89. The van der Waals surface area contributed by atoms with E-state index in [0.717, 1.165) is 6.42 Å². The van der Waals surface area contributed by atoms with E-state index in [1.54, 1.807) is 0 Å². The van der Waals surface area contributed by atoms with E-state index in [2.05, 4.69) is 0 Å². The van der Waals surface area contributed by atoms with Gasteiger partial charge in [0.05, 0.1) is 5.92 Å². The van der Waals surface area contributed by atoms with Crippen LogP contribution >= 0.6 is 0 Å². The van der Waals surface area contributed by atoms with Crippen molar-refractivity contribution in [2.75, 3.05) is 19.6 Å². The SMILES string of the molecule is CCC(C)N(CC)S(=O)(=O)N1CCCC(C(=O)O)C1. The predicted molar refractivity (Wildman–Crippen MR) is 73.0 cm³/mol. The van der Waals surface area contributed by atoms with Crippen LogP contribution in [0.5, 0.6) is 0 Å². The molecule has 0 aromatic rings. The molecule has 7 heteroatoms. The lowest BCUT2D eigenvalue weighted by atomic mass is 10.0. The van der Waals surface area contributed by atoms with Crippen molar-refractivity contribution in [1.82, 2.24) is 8.61 Å². The molecule has 0 aromatic carbocycles. The van der Waals surface area contributed by atoms with Crippen LogP contribution in [-0.4, -0.2) is 53.8 Å². The van der Waals surface area contributed by atoms with Crippen LogP contribution in [0.15, 0.2) is 0 Å². The monoisotopic (exact) mass is 292 g/mol. The number of nitrogens with zero attached hydrogens (tertiary/aromatic N) is 2. The van der Waals surface area contributed by atoms with Gasteiger partial charge in [0, 0.05) is 25.7 Å². The maximum atomic E-state index is 12.5. The Morgan fingerprint density at radius 3 is 2.58 bits per heavy atom. The molecule has 0 spiro atoms. The second-order valence-corrected chi connectivity index (χ2v) is 6.88. The van der Waals surface area contributed by atoms with Gasteiger partial charge in [-0.25, -0.2) is 0 Å². The third kappa shape index (κ3) is 3.67. The van der Waals surface area contributed by atoms with E-state index < -0.39 is 22.1 Å². The molecule has 2 atom stereocenters. The van der Waals surface area contributed by atoms with E-state index in [1.165, 1.54) is 8.61 Å². The lowest BCUT2D eigenvalue weighted by Crippen LogP contribution is -2.51. The molecule has 0 radical (unpaired) electrons. The average Bonchev–Trinajstić information content (AvgIpc) is 2.39. The van der Waals surface area contributed by atoms with Crippen molar-refractivity contribution in [2.45, 2.75) is 46.1 Å². The fraction of sp³-hybridized carbons (Fsp3) is 0.917. The molecule has 1 fully saturated rings. The number of aliphatic carboxylic acids is 1. The summed E-state index contributed by atoms with van der Waals surface area (Å²) in [6.07, 6.45) is 1.90. The van der Waals surface area contributed by atoms with Gasteiger partial charge in [-0.2, -0.15) is 17.0 Å². The zero-order valence-corrected chi connectivity index (χ0v) is 12.7. The first-order valence-electron chi connectivity index (χ1n) is 6.84. The van der Waals surface area contributed by atoms with Crippen molar-refractivity contribution in [1.29, 1.82) is 0 Å². The maximum Gasteiger partial charge on any atom is 0.307 e. The third-order valence-electron chi connectivity index (χ3n) is 3.75. The van der Waals surface area contributed by atoms with Gasteiger partial charge in [0.2, 0.25) is 0 Å². The molecule has 0 saturated carbocycles. The Labute approximate surface area is 115 Å². The Kier molecular flexibility index (Phi) is 5.76. The van der Waals surface area contributed by atoms with Crippen molar-refractivity contribution in [2.24, 2.45) is 5.92 Å². The number of hydrogen-bond acceptors (Lipinski definition) is 3. The quantitative estimate of drug-likeness (QED) is 0.796. The zero-order chi connectivity index (χ0) is 14.6. The molecule has 0 amide bonds. The van der Waals surface area contributed by atoms with Crippen molar-refractivity contribution >= 4 is 16.2 Å². The average molecular weight is 292 g/mol. The summed E-state index contributed by atoms with van der Waals surface area (Å²) in [5.41, 5.74) is 0. The first kappa shape index (κ1) is 16.4. The van der Waals surface area contributed by atoms with E-state index in [9.17, 15) is 13.2 Å². The molecule has 1 saturated heterocycles. The molecule has 0 aromatic heterocycles. The van der Waals surface area contributed by atoms with E-state index in [1.807, 2.05) is 20.8 Å². The highest BCUT2D eigenvalue weighted by Gasteiger charge is 2.36. The number of carboxylic acid groups (broad SMARTS) is 1. The zero-order valence-electron chi connectivity index (χ0n) is 11.9. The van der Waals surface area contributed by atoms with Crippen molar-refractivity contribution in [3.8, 4) is 0 Å². The molecule has 2 unspecified atom stereocenters. The van der Waals surface area contributed by atoms with Gasteiger partial charge in [-0.3, -0.25) is 4.79 Å². The standard InChI is InChI=1S/C12H24N2O4S/c1-4-10(3)14(5-2)19(17,18)13-8-6-7-11(9-13)12(15)16/h10-11H,4-9H2,1-3H3,(H,15,16). The lowest BCUT2D eigenvalue weighted by molar-refractivity contribution is -0.142. The number of hydrogen-bond donors (Lipinski definition) is 1. The number of piperidine rings is 1. The Morgan fingerprint density at radius 2 is 2.11 bits per heavy atom. The topological polar surface area (TPSA) is 77.9 Å². The highest BCUT2D eigenvalue weighted by atomic mass is 32.2. The van der Waals surface area contributed by atoms with Gasteiger partial charge in [0.15, 0.2) is 0 Å². The van der Waals surface area contributed by atoms with Crippen LogP contribution in [0.1, 0.15) is 40.0 Å². The Bertz CT molecular complexity index is 410. The fourth-order valence-corrected chi connectivity index (χ4v) is 4.36. The molecule has 112 valence electrons. The van der Waals surface area contributed by atoms with Crippen LogP contribution in [-0.2, 0) is 15.0 Å². The predicted octanol–water partition coefficient (Wildman–Crippen LogP) is 1.15. The van der Waals surface area contributed by atoms with Gasteiger partial charge >= 0.3 is 5.97 Å². The van der Waals surface area contributed by atoms with Gasteiger partial charge in [0.25, 0.3) is 10.2 Å². The molecule has 0 bridgehead atoms. The normalized spacial score (nSPS) is 23.5. The van der Waals surface area contributed by atoms with Crippen LogP contribution in [0.3, 0.4) is 0 Å². The molecular weight excluding hydrogens is 268 g/mol. The molecule has 19 heavy (non-hydrogen) atoms. The molecule has 1 N–H and O–H groups in total. The largest absolute Gasteiger partial charge is 0.481 e. The summed E-state index contributed by atoms with van der Waals surface area (Å²) in [5, 5.41) is 9.04. The van der Waals surface area contributed by atoms with E-state index >= 15 is 0 Å². The molecule has 1 rings (SSSR count). The van der Waals surface area contributed by atoms with Crippen molar-refractivity contribution in [3.63, 3.8) is 0 Å². The van der Waals surface area contributed by atoms with Crippen molar-refractivity contribution < 1.29 is 18.3 Å². The number of carboxylic acids is 1. The van der Waals surface area contributed by atoms with Crippen LogP contribution in [0.2, 0.25) is 0 Å². The van der Waals surface area contributed by atoms with Gasteiger partial charge in [0.1, 0.15) is 0 Å². The van der Waals surface area contributed by atoms with Crippen LogP contribution in [0.4, 0.5) is 0 Å². The van der Waals surface area contributed by atoms with E-state index in [-0.39, 0.29) is 12.6 Å². The molecule has 6 nitrogen and oxygen atoms in total. The number of rotatable bonds is 6. The summed E-state index contributed by atoms with van der Waals surface area (Å²) < 4.78 is 27.9. The smallest absolute Gasteiger partial charge is 0.307 e. The lowest BCUT2D eigenvalue weighted by Gasteiger charge is -2.36. The summed E-state index contributed by atoms with van der Waals surface area (Å²) in [6, 6.07) is -0.0693. The van der Waals surface area contributed by atoms with Crippen LogP contribution in [0.25, 0.3) is 0 Å². The first-order valence-corrected chi connectivity index (χ1v) is 8.24. The summed E-state index contributed by atoms with van der Waals surface area (Å²) in [4.78, 5) is 11.0. The van der Waals surface area contributed by atoms with Gasteiger partial charge < -0.3 is 5.11 Å². The number of carbonyl (C=O) groups is 1. The molecule has 0 aliphatic carbocycles. The van der Waals surface area contributed by atoms with Crippen LogP contribution < -0.4 is 0 Å². The minimum atomic E-state index is -3.55. The summed E-state index contributed by atoms with van der Waals surface area (Å²) in [7, 11) is -3.55. The molecule has 1 aliphatic heterocycles. The highest BCUT2D eigenvalue weighted by molar-refractivity contribution is 7.86. The second-order valence-electron chi connectivity index (χ2n) is 5.00. The molecular formula is C12H24N2O4S. The Hall–Kier alpha value is -0.660. The minimum Gasteiger partial charge on any atom is -0.481 e. The van der Waals surface area contributed by atoms with Crippen molar-refractivity contribution in [3.05, 3.63) is 0 Å². The molecule has 1 aliphatic rings. The second kappa shape index (κ2) is 6.67. The maximum absolute atomic E-state index is 12.5. The van der Waals surface area contributed by atoms with E-state index in [0.29, 0.717) is 25.9 Å². The Morgan fingerprint density at radius 1 is 1.47 bits per heavy atom. The first-order chi connectivity index (χ1) is 8.84. The minimum absolute atomic E-state index is 0.0693. The summed E-state index contributed by atoms with van der Waals surface area (Å²) >= 11 is 0. The highest BCUT2D eigenvalue weighted by Crippen LogP contribution is 2.23. The summed E-state index contributed by atoms with van der Waals surface area (Å²) in [5.74, 6) is -1.49. The van der Waals surface area contributed by atoms with Crippen LogP contribution in [0, 0.1) is 5.92 Å². The van der Waals surface area contributed by atoms with Gasteiger partial charge in [-0.05, 0) is 26.2 Å². The third-order valence-corrected chi connectivity index (χ3v) is 5.95. The fourth-order valence-electron chi connectivity index (χ4n) is 2.41. The van der Waals surface area contributed by atoms with Gasteiger partial charge in [-0.1, -0.05) is 13.8 Å². The van der Waals surface area contributed by atoms with Gasteiger partial charge in [-0.15, -0.1) is 0 Å². The molecule has 1 heterocycles. The van der Waals surface area contributed by atoms with E-state index in [4.69, 9.17) is 5.11 Å².